The predicted molar refractivity (Wildman–Crippen MR) is 76.2 cm³/mol. The molecule has 1 aromatic heterocycles. The minimum atomic E-state index is -0.259. The van der Waals surface area contributed by atoms with Crippen LogP contribution < -0.4 is 10.1 Å². The van der Waals surface area contributed by atoms with Crippen LogP contribution in [0.3, 0.4) is 0 Å². The highest BCUT2D eigenvalue weighted by Crippen LogP contribution is 2.22. The Morgan fingerprint density at radius 3 is 2.70 bits per heavy atom. The summed E-state index contributed by atoms with van der Waals surface area (Å²) in [7, 11) is 3.67. The second-order valence-corrected chi connectivity index (χ2v) is 4.88. The van der Waals surface area contributed by atoms with Gasteiger partial charge >= 0.3 is 0 Å². The van der Waals surface area contributed by atoms with E-state index in [0.29, 0.717) is 17.9 Å². The summed E-state index contributed by atoms with van der Waals surface area (Å²) < 4.78 is 21.3. The van der Waals surface area contributed by atoms with Gasteiger partial charge in [-0.2, -0.15) is 5.10 Å². The summed E-state index contributed by atoms with van der Waals surface area (Å²) in [6, 6.07) is 6.89. The molecule has 5 heteroatoms. The fourth-order valence-electron chi connectivity index (χ4n) is 2.06. The van der Waals surface area contributed by atoms with Gasteiger partial charge in [-0.15, -0.1) is 0 Å². The van der Waals surface area contributed by atoms with E-state index in [1.807, 2.05) is 27.0 Å². The summed E-state index contributed by atoms with van der Waals surface area (Å²) in [6.45, 7) is 4.21. The van der Waals surface area contributed by atoms with Crippen LogP contribution in [0.15, 0.2) is 24.3 Å². The smallest absolute Gasteiger partial charge is 0.131 e. The Balaban J connectivity index is 2.07. The van der Waals surface area contributed by atoms with Crippen molar-refractivity contribution in [2.24, 2.45) is 7.05 Å². The van der Waals surface area contributed by atoms with E-state index in [1.165, 1.54) is 6.07 Å². The number of aromatic nitrogens is 2. The van der Waals surface area contributed by atoms with Crippen LogP contribution in [0.5, 0.6) is 5.75 Å². The molecule has 1 heterocycles. The molecule has 4 nitrogen and oxygen atoms in total. The van der Waals surface area contributed by atoms with E-state index in [0.717, 1.165) is 11.4 Å². The fourth-order valence-corrected chi connectivity index (χ4v) is 2.06. The topological polar surface area (TPSA) is 39.1 Å². The zero-order valence-electron chi connectivity index (χ0n) is 12.3. The average Bonchev–Trinajstić information content (AvgIpc) is 2.74. The molecule has 1 unspecified atom stereocenters. The minimum Gasteiger partial charge on any atom is -0.487 e. The first-order valence-corrected chi connectivity index (χ1v) is 6.60. The molecule has 0 saturated heterocycles. The molecule has 108 valence electrons. The van der Waals surface area contributed by atoms with E-state index in [2.05, 4.69) is 10.4 Å². The maximum absolute atomic E-state index is 14.0. The molecule has 2 rings (SSSR count). The Kier molecular flexibility index (Phi) is 4.39. The molecular weight excluding hydrogens is 257 g/mol. The van der Waals surface area contributed by atoms with E-state index >= 15 is 0 Å². The molecule has 0 fully saturated rings. The second-order valence-electron chi connectivity index (χ2n) is 4.88. The van der Waals surface area contributed by atoms with E-state index in [-0.39, 0.29) is 11.9 Å². The van der Waals surface area contributed by atoms with Gasteiger partial charge in [0.25, 0.3) is 0 Å². The first-order chi connectivity index (χ1) is 9.51. The number of nitrogens with one attached hydrogen (secondary N) is 1. The standard InChI is InChI=1S/C15H20FN3O/c1-10-7-12(19(4)18-10)9-20-13-5-6-14(11(2)17-3)15(16)8-13/h5-8,11,17H,9H2,1-4H3. The van der Waals surface area contributed by atoms with Crippen molar-refractivity contribution in [3.63, 3.8) is 0 Å². The molecule has 0 aliphatic carbocycles. The van der Waals surface area contributed by atoms with Gasteiger partial charge in [0.1, 0.15) is 18.2 Å². The van der Waals surface area contributed by atoms with E-state index in [9.17, 15) is 4.39 Å². The van der Waals surface area contributed by atoms with Crippen LogP contribution in [0.4, 0.5) is 4.39 Å². The molecule has 2 aromatic rings. The van der Waals surface area contributed by atoms with Crippen LogP contribution in [0.1, 0.15) is 29.9 Å². The number of benzene rings is 1. The SMILES string of the molecule is CNC(C)c1ccc(OCc2cc(C)nn2C)cc1F. The molecule has 0 bridgehead atoms. The monoisotopic (exact) mass is 277 g/mol. The van der Waals surface area contributed by atoms with Crippen molar-refractivity contribution in [2.75, 3.05) is 7.05 Å². The van der Waals surface area contributed by atoms with Gasteiger partial charge in [0, 0.05) is 24.7 Å². The van der Waals surface area contributed by atoms with Gasteiger partial charge in [-0.25, -0.2) is 4.39 Å². The molecule has 0 aliphatic heterocycles. The Morgan fingerprint density at radius 2 is 2.15 bits per heavy atom. The molecule has 1 atom stereocenters. The van der Waals surface area contributed by atoms with Crippen LogP contribution in [0.25, 0.3) is 0 Å². The van der Waals surface area contributed by atoms with Gasteiger partial charge in [-0.3, -0.25) is 4.68 Å². The summed E-state index contributed by atoms with van der Waals surface area (Å²) >= 11 is 0. The minimum absolute atomic E-state index is 0.0243. The van der Waals surface area contributed by atoms with Crippen molar-refractivity contribution >= 4 is 0 Å². The van der Waals surface area contributed by atoms with Crippen LogP contribution in [-0.2, 0) is 13.7 Å². The lowest BCUT2D eigenvalue weighted by Crippen LogP contribution is -2.13. The molecular formula is C15H20FN3O. The largest absolute Gasteiger partial charge is 0.487 e. The predicted octanol–water partition coefficient (Wildman–Crippen LogP) is 2.73. The number of hydrogen-bond donors (Lipinski definition) is 1. The van der Waals surface area contributed by atoms with Crippen LogP contribution >= 0.6 is 0 Å². The molecule has 1 aromatic carbocycles. The maximum Gasteiger partial charge on any atom is 0.131 e. The lowest BCUT2D eigenvalue weighted by Gasteiger charge is -2.13. The highest BCUT2D eigenvalue weighted by Gasteiger charge is 2.10. The van der Waals surface area contributed by atoms with Crippen LogP contribution in [-0.4, -0.2) is 16.8 Å². The number of aryl methyl sites for hydroxylation is 2. The number of hydrogen-bond acceptors (Lipinski definition) is 3. The second kappa shape index (κ2) is 6.05. The highest BCUT2D eigenvalue weighted by atomic mass is 19.1. The summed E-state index contributed by atoms with van der Waals surface area (Å²) in [5.74, 6) is 0.263. The molecule has 20 heavy (non-hydrogen) atoms. The molecule has 0 saturated carbocycles. The third kappa shape index (κ3) is 3.17. The lowest BCUT2D eigenvalue weighted by molar-refractivity contribution is 0.293. The van der Waals surface area contributed by atoms with Gasteiger partial charge < -0.3 is 10.1 Å². The highest BCUT2D eigenvalue weighted by molar-refractivity contribution is 5.30. The van der Waals surface area contributed by atoms with Crippen molar-refractivity contribution in [3.05, 3.63) is 47.0 Å². The molecule has 0 radical (unpaired) electrons. The molecule has 0 spiro atoms. The van der Waals surface area contributed by atoms with E-state index in [4.69, 9.17) is 4.74 Å². The van der Waals surface area contributed by atoms with Gasteiger partial charge in [0.2, 0.25) is 0 Å². The average molecular weight is 277 g/mol. The van der Waals surface area contributed by atoms with Gasteiger partial charge in [-0.1, -0.05) is 6.07 Å². The van der Waals surface area contributed by atoms with Gasteiger partial charge in [0.05, 0.1) is 11.4 Å². The summed E-state index contributed by atoms with van der Waals surface area (Å²) in [6.07, 6.45) is 0. The first-order valence-electron chi connectivity index (χ1n) is 6.60. The van der Waals surface area contributed by atoms with Crippen molar-refractivity contribution < 1.29 is 9.13 Å². The fraction of sp³-hybridized carbons (Fsp3) is 0.400. The Morgan fingerprint density at radius 1 is 1.40 bits per heavy atom. The van der Waals surface area contributed by atoms with Gasteiger partial charge in [0.15, 0.2) is 0 Å². The Bertz CT molecular complexity index is 595. The molecule has 0 amide bonds. The zero-order chi connectivity index (χ0) is 14.7. The summed E-state index contributed by atoms with van der Waals surface area (Å²) in [5.41, 5.74) is 2.53. The Hall–Kier alpha value is -1.88. The van der Waals surface area contributed by atoms with Crippen LogP contribution in [0, 0.1) is 12.7 Å². The number of nitrogens with zero attached hydrogens (tertiary/aromatic N) is 2. The summed E-state index contributed by atoms with van der Waals surface area (Å²) in [5, 5.41) is 7.26. The van der Waals surface area contributed by atoms with Crippen molar-refractivity contribution in [2.45, 2.75) is 26.5 Å². The van der Waals surface area contributed by atoms with E-state index < -0.39 is 0 Å². The number of ether oxygens (including phenoxy) is 1. The number of halogens is 1. The van der Waals surface area contributed by atoms with Crippen molar-refractivity contribution in [1.82, 2.24) is 15.1 Å². The van der Waals surface area contributed by atoms with Crippen LogP contribution in [0.2, 0.25) is 0 Å². The number of rotatable bonds is 5. The van der Waals surface area contributed by atoms with E-state index in [1.54, 1.807) is 23.9 Å². The van der Waals surface area contributed by atoms with Crippen molar-refractivity contribution in [3.8, 4) is 5.75 Å². The molecule has 0 aliphatic rings. The summed E-state index contributed by atoms with van der Waals surface area (Å²) in [4.78, 5) is 0. The maximum atomic E-state index is 14.0. The van der Waals surface area contributed by atoms with Gasteiger partial charge in [-0.05, 0) is 33.0 Å². The third-order valence-electron chi connectivity index (χ3n) is 3.36. The quantitative estimate of drug-likeness (QED) is 0.913. The third-order valence-corrected chi connectivity index (χ3v) is 3.36. The Labute approximate surface area is 118 Å². The lowest BCUT2D eigenvalue weighted by atomic mass is 10.1. The van der Waals surface area contributed by atoms with Crippen molar-refractivity contribution in [1.29, 1.82) is 0 Å². The zero-order valence-corrected chi connectivity index (χ0v) is 12.3. The first kappa shape index (κ1) is 14.5. The normalized spacial score (nSPS) is 12.4. The molecule has 1 N–H and O–H groups in total.